The third-order valence-electron chi connectivity index (χ3n) is 2.26. The van der Waals surface area contributed by atoms with E-state index in [1.54, 1.807) is 0 Å². The van der Waals surface area contributed by atoms with E-state index in [0.717, 1.165) is 0 Å². The molecule has 2 aromatic rings. The first-order valence-corrected chi connectivity index (χ1v) is 6.50. The monoisotopic (exact) mass is 266 g/mol. The van der Waals surface area contributed by atoms with Crippen LogP contribution in [-0.4, -0.2) is 19.4 Å². The number of rotatable bonds is 4. The zero-order valence-corrected chi connectivity index (χ0v) is 10.3. The minimum absolute atomic E-state index is 0.0636. The average Bonchev–Trinajstić information content (AvgIpc) is 2.81. The highest BCUT2D eigenvalue weighted by molar-refractivity contribution is 7.92. The Morgan fingerprint density at radius 2 is 1.94 bits per heavy atom. The Bertz CT molecular complexity index is 645. The van der Waals surface area contributed by atoms with Crippen LogP contribution < -0.4 is 4.72 Å². The fraction of sp³-hybridized carbons (Fsp3) is 0.0909. The van der Waals surface area contributed by atoms with Crippen molar-refractivity contribution in [1.82, 2.24) is 5.16 Å². The molecule has 7 heteroatoms. The van der Waals surface area contributed by atoms with Gasteiger partial charge in [0.25, 0.3) is 10.0 Å². The summed E-state index contributed by atoms with van der Waals surface area (Å²) in [6, 6.07) is 5.66. The van der Waals surface area contributed by atoms with Gasteiger partial charge in [-0.3, -0.25) is 9.52 Å². The Morgan fingerprint density at radius 1 is 1.28 bits per heavy atom. The Balaban J connectivity index is 2.27. The van der Waals surface area contributed by atoms with Crippen LogP contribution in [-0.2, 0) is 10.0 Å². The van der Waals surface area contributed by atoms with Crippen molar-refractivity contribution in [2.75, 3.05) is 4.72 Å². The molecular weight excluding hydrogens is 256 g/mol. The lowest BCUT2D eigenvalue weighted by molar-refractivity contribution is 0.101. The molecule has 94 valence electrons. The number of anilines is 1. The zero-order chi connectivity index (χ0) is 13.2. The summed E-state index contributed by atoms with van der Waals surface area (Å²) in [5.41, 5.74) is 0.699. The van der Waals surface area contributed by atoms with Gasteiger partial charge in [-0.15, -0.1) is 0 Å². The van der Waals surface area contributed by atoms with Gasteiger partial charge in [0.1, 0.15) is 12.0 Å². The molecule has 1 N–H and O–H groups in total. The number of hydrogen-bond donors (Lipinski definition) is 1. The maximum atomic E-state index is 11.9. The van der Waals surface area contributed by atoms with Crippen molar-refractivity contribution in [1.29, 1.82) is 0 Å². The second kappa shape index (κ2) is 4.61. The van der Waals surface area contributed by atoms with Gasteiger partial charge in [0.05, 0.1) is 11.1 Å². The molecule has 0 saturated carbocycles. The number of carbonyl (C=O) groups excluding carboxylic acids is 1. The molecule has 1 heterocycles. The fourth-order valence-electron chi connectivity index (χ4n) is 1.34. The number of hydrogen-bond acceptors (Lipinski definition) is 5. The summed E-state index contributed by atoms with van der Waals surface area (Å²) in [5, 5.41) is 3.39. The number of carbonyl (C=O) groups is 1. The molecule has 0 bridgehead atoms. The van der Waals surface area contributed by atoms with Gasteiger partial charge in [-0.05, 0) is 19.1 Å². The SMILES string of the molecule is CC(=O)c1ccc(S(=O)(=O)Nc2cnoc2)cc1. The van der Waals surface area contributed by atoms with E-state index in [9.17, 15) is 13.2 Å². The first-order valence-electron chi connectivity index (χ1n) is 5.02. The summed E-state index contributed by atoms with van der Waals surface area (Å²) < 4.78 is 30.6. The van der Waals surface area contributed by atoms with Crippen LogP contribution in [0.4, 0.5) is 5.69 Å². The van der Waals surface area contributed by atoms with Gasteiger partial charge in [-0.1, -0.05) is 17.3 Å². The van der Waals surface area contributed by atoms with Crippen LogP contribution in [0.5, 0.6) is 0 Å². The molecular formula is C11H10N2O4S. The molecule has 6 nitrogen and oxygen atoms in total. The van der Waals surface area contributed by atoms with Crippen molar-refractivity contribution >= 4 is 21.5 Å². The van der Waals surface area contributed by atoms with Crippen molar-refractivity contribution in [3.05, 3.63) is 42.3 Å². The number of benzene rings is 1. The highest BCUT2D eigenvalue weighted by atomic mass is 32.2. The van der Waals surface area contributed by atoms with E-state index in [1.165, 1.54) is 43.6 Å². The van der Waals surface area contributed by atoms with Gasteiger partial charge < -0.3 is 4.52 Å². The average molecular weight is 266 g/mol. The summed E-state index contributed by atoms with van der Waals surface area (Å²) >= 11 is 0. The molecule has 0 fully saturated rings. The number of nitrogens with zero attached hydrogens (tertiary/aromatic N) is 1. The molecule has 0 aliphatic rings. The van der Waals surface area contributed by atoms with Crippen molar-refractivity contribution < 1.29 is 17.7 Å². The van der Waals surface area contributed by atoms with Crippen LogP contribution in [0.2, 0.25) is 0 Å². The van der Waals surface area contributed by atoms with E-state index in [4.69, 9.17) is 0 Å². The van der Waals surface area contributed by atoms with Gasteiger partial charge in [0.15, 0.2) is 5.78 Å². The van der Waals surface area contributed by atoms with Gasteiger partial charge in [0.2, 0.25) is 0 Å². The van der Waals surface area contributed by atoms with Gasteiger partial charge in [-0.2, -0.15) is 0 Å². The number of aromatic nitrogens is 1. The molecule has 0 unspecified atom stereocenters. The number of nitrogens with one attached hydrogen (secondary N) is 1. The first kappa shape index (κ1) is 12.3. The lowest BCUT2D eigenvalue weighted by Crippen LogP contribution is -2.12. The highest BCUT2D eigenvalue weighted by Crippen LogP contribution is 2.16. The minimum atomic E-state index is -3.69. The van der Waals surface area contributed by atoms with Crippen molar-refractivity contribution in [3.8, 4) is 0 Å². The van der Waals surface area contributed by atoms with Gasteiger partial charge >= 0.3 is 0 Å². The summed E-state index contributed by atoms with van der Waals surface area (Å²) in [6.45, 7) is 1.42. The van der Waals surface area contributed by atoms with Crippen LogP contribution in [0.25, 0.3) is 0 Å². The smallest absolute Gasteiger partial charge is 0.262 e. The Kier molecular flexibility index (Phi) is 3.15. The van der Waals surface area contributed by atoms with E-state index in [-0.39, 0.29) is 16.4 Å². The number of sulfonamides is 1. The molecule has 0 spiro atoms. The summed E-state index contributed by atoms with van der Waals surface area (Å²) in [7, 11) is -3.69. The number of ketones is 1. The number of Topliss-reactive ketones (excluding diaryl/α,β-unsaturated/α-hetero) is 1. The van der Waals surface area contributed by atoms with E-state index >= 15 is 0 Å². The van der Waals surface area contributed by atoms with Crippen molar-refractivity contribution in [3.63, 3.8) is 0 Å². The normalized spacial score (nSPS) is 11.2. The van der Waals surface area contributed by atoms with E-state index in [1.807, 2.05) is 0 Å². The quantitative estimate of drug-likeness (QED) is 0.850. The van der Waals surface area contributed by atoms with E-state index < -0.39 is 10.0 Å². The Labute approximate surface area is 104 Å². The summed E-state index contributed by atoms with van der Waals surface area (Å²) in [4.78, 5) is 11.1. The predicted octanol–water partition coefficient (Wildman–Crippen LogP) is 1.68. The zero-order valence-electron chi connectivity index (χ0n) is 9.45. The fourth-order valence-corrected chi connectivity index (χ4v) is 2.36. The molecule has 1 aromatic heterocycles. The Morgan fingerprint density at radius 3 is 2.44 bits per heavy atom. The van der Waals surface area contributed by atoms with E-state index in [0.29, 0.717) is 5.56 Å². The molecule has 0 saturated heterocycles. The summed E-state index contributed by atoms with van der Waals surface area (Å²) in [5.74, 6) is -0.119. The molecule has 0 amide bonds. The third-order valence-corrected chi connectivity index (χ3v) is 3.65. The molecule has 18 heavy (non-hydrogen) atoms. The van der Waals surface area contributed by atoms with Crippen LogP contribution >= 0.6 is 0 Å². The van der Waals surface area contributed by atoms with Crippen LogP contribution in [0.3, 0.4) is 0 Å². The highest BCUT2D eigenvalue weighted by Gasteiger charge is 2.15. The predicted molar refractivity (Wildman–Crippen MR) is 63.8 cm³/mol. The molecule has 0 radical (unpaired) electrons. The van der Waals surface area contributed by atoms with Crippen molar-refractivity contribution in [2.24, 2.45) is 0 Å². The maximum absolute atomic E-state index is 11.9. The lowest BCUT2D eigenvalue weighted by atomic mass is 10.2. The standard InChI is InChI=1S/C11H10N2O4S/c1-8(14)9-2-4-11(5-3-9)18(15,16)13-10-6-12-17-7-10/h2-7,13H,1H3. The third kappa shape index (κ3) is 2.57. The topological polar surface area (TPSA) is 89.3 Å². The maximum Gasteiger partial charge on any atom is 0.262 e. The van der Waals surface area contributed by atoms with E-state index in [2.05, 4.69) is 14.4 Å². The van der Waals surface area contributed by atoms with Gasteiger partial charge in [0, 0.05) is 5.56 Å². The molecule has 0 atom stereocenters. The molecule has 0 aliphatic heterocycles. The second-order valence-electron chi connectivity index (χ2n) is 3.60. The van der Waals surface area contributed by atoms with Crippen LogP contribution in [0, 0.1) is 0 Å². The molecule has 1 aromatic carbocycles. The lowest BCUT2D eigenvalue weighted by Gasteiger charge is -2.05. The molecule has 2 rings (SSSR count). The van der Waals surface area contributed by atoms with Gasteiger partial charge in [-0.25, -0.2) is 8.42 Å². The molecule has 0 aliphatic carbocycles. The van der Waals surface area contributed by atoms with Crippen LogP contribution in [0.1, 0.15) is 17.3 Å². The Hall–Kier alpha value is -2.15. The second-order valence-corrected chi connectivity index (χ2v) is 5.28. The summed E-state index contributed by atoms with van der Waals surface area (Å²) in [6.07, 6.45) is 2.43. The van der Waals surface area contributed by atoms with Crippen LogP contribution in [0.15, 0.2) is 46.1 Å². The minimum Gasteiger partial charge on any atom is -0.362 e. The van der Waals surface area contributed by atoms with Crippen molar-refractivity contribution in [2.45, 2.75) is 11.8 Å². The largest absolute Gasteiger partial charge is 0.362 e. The first-order chi connectivity index (χ1) is 8.49.